The Morgan fingerprint density at radius 2 is 0.494 bits per heavy atom. The molecule has 0 fully saturated rings. The van der Waals surface area contributed by atoms with Crippen LogP contribution < -0.4 is 0 Å². The van der Waals surface area contributed by atoms with Gasteiger partial charge in [-0.1, -0.05) is 311 Å². The molecule has 1 atom stereocenters. The van der Waals surface area contributed by atoms with E-state index in [1.54, 1.807) is 0 Å². The van der Waals surface area contributed by atoms with Crippen molar-refractivity contribution in [3.63, 3.8) is 0 Å². The van der Waals surface area contributed by atoms with Gasteiger partial charge in [0.1, 0.15) is 13.2 Å². The van der Waals surface area contributed by atoms with Crippen LogP contribution in [0.5, 0.6) is 0 Å². The Labute approximate surface area is 490 Å². The molecule has 0 saturated heterocycles. The number of hydrogen-bond donors (Lipinski definition) is 0. The van der Waals surface area contributed by atoms with Crippen molar-refractivity contribution < 1.29 is 28.6 Å². The summed E-state index contributed by atoms with van der Waals surface area (Å²) in [6, 6.07) is 0. The third-order valence-electron chi connectivity index (χ3n) is 14.9. The lowest BCUT2D eigenvalue weighted by molar-refractivity contribution is -0.167. The highest BCUT2D eigenvalue weighted by molar-refractivity contribution is 5.71. The van der Waals surface area contributed by atoms with Crippen LogP contribution in [0.4, 0.5) is 0 Å². The number of rotatable bonds is 62. The standard InChI is InChI=1S/C73H128O6/c1-4-7-10-13-16-19-21-23-25-27-29-30-31-32-33-34-35-36-37-38-39-40-41-42-43-44-45-47-48-50-52-54-57-60-63-66-72(75)78-69-70(68-77-71(74)65-62-59-56-18-15-12-9-6-3)79-73(76)67-64-61-58-55-53-51-49-46-28-26-24-22-20-17-14-11-8-5-2/h7,10,16,19-20,22-23,25-26,28-30,32-33,70H,4-6,8-9,11-15,17-18,21,24,27,31,34-69H2,1-3H3/b10-7-,19-16-,22-20-,25-23-,28-26-,30-29-,33-32-. The number of carbonyl (C=O) groups is 3. The quantitative estimate of drug-likeness (QED) is 0.0261. The Morgan fingerprint density at radius 3 is 0.785 bits per heavy atom. The zero-order valence-corrected chi connectivity index (χ0v) is 52.4. The number of hydrogen-bond acceptors (Lipinski definition) is 6. The van der Waals surface area contributed by atoms with Crippen molar-refractivity contribution in [2.75, 3.05) is 13.2 Å². The van der Waals surface area contributed by atoms with Crippen molar-refractivity contribution in [2.24, 2.45) is 0 Å². The molecule has 0 aliphatic heterocycles. The van der Waals surface area contributed by atoms with Crippen molar-refractivity contribution in [1.82, 2.24) is 0 Å². The number of unbranched alkanes of at least 4 members (excludes halogenated alkanes) is 37. The van der Waals surface area contributed by atoms with Crippen molar-refractivity contribution >= 4 is 17.9 Å². The normalized spacial score (nSPS) is 12.6. The van der Waals surface area contributed by atoms with Gasteiger partial charge in [-0.25, -0.2) is 0 Å². The molecule has 456 valence electrons. The Morgan fingerprint density at radius 1 is 0.266 bits per heavy atom. The average molecular weight is 1100 g/mol. The minimum atomic E-state index is -0.776. The van der Waals surface area contributed by atoms with E-state index in [0.29, 0.717) is 19.3 Å². The van der Waals surface area contributed by atoms with Crippen LogP contribution in [0.15, 0.2) is 85.1 Å². The predicted octanol–water partition coefficient (Wildman–Crippen LogP) is 23.4. The van der Waals surface area contributed by atoms with E-state index in [0.717, 1.165) is 103 Å². The zero-order valence-electron chi connectivity index (χ0n) is 52.4. The smallest absolute Gasteiger partial charge is 0.306 e. The van der Waals surface area contributed by atoms with Crippen LogP contribution in [0.1, 0.15) is 342 Å². The number of ether oxygens (including phenoxy) is 3. The molecule has 0 rings (SSSR count). The first-order valence-electron chi connectivity index (χ1n) is 34.1. The van der Waals surface area contributed by atoms with Gasteiger partial charge in [0.2, 0.25) is 0 Å². The van der Waals surface area contributed by atoms with E-state index in [1.807, 2.05) is 0 Å². The summed E-state index contributed by atoms with van der Waals surface area (Å²) < 4.78 is 16.9. The lowest BCUT2D eigenvalue weighted by atomic mass is 10.0. The molecule has 1 unspecified atom stereocenters. The summed E-state index contributed by atoms with van der Waals surface area (Å²) in [4.78, 5) is 38.2. The van der Waals surface area contributed by atoms with Gasteiger partial charge in [0.15, 0.2) is 6.10 Å². The fourth-order valence-electron chi connectivity index (χ4n) is 9.80. The monoisotopic (exact) mass is 1100 g/mol. The second kappa shape index (κ2) is 67.1. The number of esters is 3. The van der Waals surface area contributed by atoms with Crippen molar-refractivity contribution in [3.05, 3.63) is 85.1 Å². The van der Waals surface area contributed by atoms with Crippen LogP contribution in [-0.2, 0) is 28.6 Å². The van der Waals surface area contributed by atoms with Gasteiger partial charge < -0.3 is 14.2 Å². The van der Waals surface area contributed by atoms with Gasteiger partial charge in [0.25, 0.3) is 0 Å². The summed E-state index contributed by atoms with van der Waals surface area (Å²) >= 11 is 0. The van der Waals surface area contributed by atoms with Gasteiger partial charge in [-0.2, -0.15) is 0 Å². The van der Waals surface area contributed by atoms with E-state index in [9.17, 15) is 14.4 Å². The van der Waals surface area contributed by atoms with E-state index >= 15 is 0 Å². The molecule has 0 aliphatic rings. The highest BCUT2D eigenvalue weighted by Gasteiger charge is 2.19. The minimum absolute atomic E-state index is 0.0745. The molecule has 0 aromatic rings. The minimum Gasteiger partial charge on any atom is -0.462 e. The van der Waals surface area contributed by atoms with Crippen molar-refractivity contribution in [3.8, 4) is 0 Å². The molecule has 0 radical (unpaired) electrons. The maximum Gasteiger partial charge on any atom is 0.306 e. The van der Waals surface area contributed by atoms with Crippen LogP contribution in [0.25, 0.3) is 0 Å². The third-order valence-corrected chi connectivity index (χ3v) is 14.9. The molecule has 0 amide bonds. The average Bonchev–Trinajstić information content (AvgIpc) is 3.45. The topological polar surface area (TPSA) is 78.9 Å². The molecular weight excluding hydrogens is 973 g/mol. The third kappa shape index (κ3) is 65.3. The van der Waals surface area contributed by atoms with Crippen molar-refractivity contribution in [2.45, 2.75) is 348 Å². The van der Waals surface area contributed by atoms with E-state index in [1.165, 1.54) is 199 Å². The first-order chi connectivity index (χ1) is 39.0. The van der Waals surface area contributed by atoms with Gasteiger partial charge in [0, 0.05) is 19.3 Å². The Kier molecular flexibility index (Phi) is 64.2. The second-order valence-electron chi connectivity index (χ2n) is 22.7. The SMILES string of the molecule is CC/C=C\C/C=C\C/C=C\C/C=C\C/C=C\CCCCCCCCCCCCCCCCCCCCCC(=O)OCC(COC(=O)CCCCCCCCCC)OC(=O)CCCCCCCCC/C=C\C/C=C\CCCCCC. The van der Waals surface area contributed by atoms with Gasteiger partial charge in [0.05, 0.1) is 0 Å². The summed E-state index contributed by atoms with van der Waals surface area (Å²) in [5.74, 6) is -0.870. The van der Waals surface area contributed by atoms with E-state index < -0.39 is 6.10 Å². The molecule has 0 saturated carbocycles. The maximum absolute atomic E-state index is 12.9. The first-order valence-corrected chi connectivity index (χ1v) is 34.1. The lowest BCUT2D eigenvalue weighted by Crippen LogP contribution is -2.30. The molecule has 0 aromatic heterocycles. The van der Waals surface area contributed by atoms with Gasteiger partial charge in [-0.15, -0.1) is 0 Å². The summed E-state index contributed by atoms with van der Waals surface area (Å²) in [6.45, 7) is 6.51. The van der Waals surface area contributed by atoms with Crippen LogP contribution in [-0.4, -0.2) is 37.2 Å². The molecule has 0 spiro atoms. The second-order valence-corrected chi connectivity index (χ2v) is 22.7. The Bertz CT molecular complexity index is 1500. The van der Waals surface area contributed by atoms with Crippen LogP contribution in [0, 0.1) is 0 Å². The molecule has 79 heavy (non-hydrogen) atoms. The predicted molar refractivity (Wildman–Crippen MR) is 344 cm³/mol. The zero-order chi connectivity index (χ0) is 57.1. The lowest BCUT2D eigenvalue weighted by Gasteiger charge is -2.18. The fourth-order valence-corrected chi connectivity index (χ4v) is 9.80. The van der Waals surface area contributed by atoms with Gasteiger partial charge in [-0.05, 0) is 96.3 Å². The molecule has 0 heterocycles. The molecule has 6 heteroatoms. The van der Waals surface area contributed by atoms with E-state index in [-0.39, 0.29) is 31.1 Å². The summed E-state index contributed by atoms with van der Waals surface area (Å²) in [5, 5.41) is 0. The molecular formula is C73H128O6. The van der Waals surface area contributed by atoms with Crippen LogP contribution >= 0.6 is 0 Å². The Balaban J connectivity index is 4.02. The number of carbonyl (C=O) groups excluding carboxylic acids is 3. The molecule has 0 bridgehead atoms. The van der Waals surface area contributed by atoms with Crippen LogP contribution in [0.3, 0.4) is 0 Å². The first kappa shape index (κ1) is 75.6. The summed E-state index contributed by atoms with van der Waals surface area (Å²) in [5.41, 5.74) is 0. The van der Waals surface area contributed by atoms with E-state index in [4.69, 9.17) is 14.2 Å². The molecule has 6 nitrogen and oxygen atoms in total. The maximum atomic E-state index is 12.9. The molecule has 0 N–H and O–H groups in total. The largest absolute Gasteiger partial charge is 0.462 e. The van der Waals surface area contributed by atoms with Gasteiger partial charge in [-0.3, -0.25) is 14.4 Å². The van der Waals surface area contributed by atoms with E-state index in [2.05, 4.69) is 106 Å². The fraction of sp³-hybridized carbons (Fsp3) is 0.767. The number of allylic oxidation sites excluding steroid dienone is 14. The molecule has 0 aromatic carbocycles. The van der Waals surface area contributed by atoms with Crippen LogP contribution in [0.2, 0.25) is 0 Å². The Hall–Kier alpha value is -3.41. The van der Waals surface area contributed by atoms with Gasteiger partial charge >= 0.3 is 17.9 Å². The summed E-state index contributed by atoms with van der Waals surface area (Å²) in [7, 11) is 0. The highest BCUT2D eigenvalue weighted by atomic mass is 16.6. The molecule has 0 aliphatic carbocycles. The van der Waals surface area contributed by atoms with Crippen molar-refractivity contribution in [1.29, 1.82) is 0 Å². The summed E-state index contributed by atoms with van der Waals surface area (Å²) in [6.07, 6.45) is 89.2. The highest BCUT2D eigenvalue weighted by Crippen LogP contribution is 2.17.